The molecule has 0 atom stereocenters. The highest BCUT2D eigenvalue weighted by Crippen LogP contribution is 2.11. The normalized spacial score (nSPS) is 9.64. The van der Waals surface area contributed by atoms with Gasteiger partial charge in [0.15, 0.2) is 0 Å². The van der Waals surface area contributed by atoms with E-state index in [4.69, 9.17) is 11.5 Å². The van der Waals surface area contributed by atoms with E-state index in [0.717, 1.165) is 0 Å². The van der Waals surface area contributed by atoms with Crippen molar-refractivity contribution in [1.82, 2.24) is 0 Å². The Bertz CT molecular complexity index is 718. The summed E-state index contributed by atoms with van der Waals surface area (Å²) in [6.45, 7) is 0. The number of hydrogen-bond donors (Lipinski definition) is 2. The number of nitrogens with two attached hydrogens (primary N) is 2. The number of carbonyl (C=O) groups excluding carboxylic acids is 2. The van der Waals surface area contributed by atoms with Gasteiger partial charge in [0, 0.05) is 11.1 Å². The molecule has 3 aromatic carbocycles. The SMILES string of the molecule is NC(=O)c1cccc(C(N)=O)c1.c1ccc2ccccc2c1. The minimum absolute atomic E-state index is 0.284. The molecule has 0 unspecified atom stereocenters. The van der Waals surface area contributed by atoms with Gasteiger partial charge in [0.25, 0.3) is 0 Å². The van der Waals surface area contributed by atoms with E-state index in [2.05, 4.69) is 48.5 Å². The van der Waals surface area contributed by atoms with Crippen molar-refractivity contribution in [2.45, 2.75) is 0 Å². The molecule has 0 saturated heterocycles. The fraction of sp³-hybridized carbons (Fsp3) is 0. The van der Waals surface area contributed by atoms with E-state index in [-0.39, 0.29) is 11.1 Å². The van der Waals surface area contributed by atoms with E-state index < -0.39 is 11.8 Å². The topological polar surface area (TPSA) is 86.2 Å². The van der Waals surface area contributed by atoms with Crippen LogP contribution in [0, 0.1) is 0 Å². The number of fused-ring (bicyclic) bond motifs is 1. The molecule has 4 heteroatoms. The summed E-state index contributed by atoms with van der Waals surface area (Å²) in [5.41, 5.74) is 10.6. The molecule has 22 heavy (non-hydrogen) atoms. The van der Waals surface area contributed by atoms with E-state index in [1.165, 1.54) is 29.0 Å². The molecular weight excluding hydrogens is 276 g/mol. The predicted molar refractivity (Wildman–Crippen MR) is 87.4 cm³/mol. The van der Waals surface area contributed by atoms with Gasteiger partial charge in [0.1, 0.15) is 0 Å². The van der Waals surface area contributed by atoms with Crippen LogP contribution in [0.5, 0.6) is 0 Å². The molecular formula is C18H16N2O2. The lowest BCUT2D eigenvalue weighted by molar-refractivity contribution is 0.0999. The predicted octanol–water partition coefficient (Wildman–Crippen LogP) is 2.72. The quantitative estimate of drug-likeness (QED) is 0.761. The second kappa shape index (κ2) is 7.04. The van der Waals surface area contributed by atoms with Crippen molar-refractivity contribution < 1.29 is 9.59 Å². The molecule has 4 N–H and O–H groups in total. The Balaban J connectivity index is 0.000000162. The number of hydrogen-bond acceptors (Lipinski definition) is 2. The van der Waals surface area contributed by atoms with E-state index in [9.17, 15) is 9.59 Å². The molecule has 0 saturated carbocycles. The molecule has 110 valence electrons. The van der Waals surface area contributed by atoms with Crippen molar-refractivity contribution in [2.24, 2.45) is 11.5 Å². The molecule has 0 radical (unpaired) electrons. The van der Waals surface area contributed by atoms with Gasteiger partial charge in [0.05, 0.1) is 0 Å². The molecule has 3 aromatic rings. The van der Waals surface area contributed by atoms with Gasteiger partial charge in [-0.3, -0.25) is 9.59 Å². The highest BCUT2D eigenvalue weighted by Gasteiger charge is 2.03. The molecule has 2 amide bonds. The highest BCUT2D eigenvalue weighted by atomic mass is 16.1. The zero-order chi connectivity index (χ0) is 15.9. The van der Waals surface area contributed by atoms with Gasteiger partial charge in [-0.25, -0.2) is 0 Å². The second-order valence-electron chi connectivity index (χ2n) is 4.66. The zero-order valence-corrected chi connectivity index (χ0v) is 11.9. The van der Waals surface area contributed by atoms with Gasteiger partial charge in [-0.15, -0.1) is 0 Å². The summed E-state index contributed by atoms with van der Waals surface area (Å²) in [7, 11) is 0. The van der Waals surface area contributed by atoms with Gasteiger partial charge in [-0.2, -0.15) is 0 Å². The average molecular weight is 292 g/mol. The molecule has 0 bridgehead atoms. The van der Waals surface area contributed by atoms with Crippen molar-refractivity contribution in [3.05, 3.63) is 83.9 Å². The lowest BCUT2D eigenvalue weighted by Gasteiger charge is -1.97. The molecule has 0 spiro atoms. The minimum atomic E-state index is -0.571. The maximum atomic E-state index is 10.6. The monoisotopic (exact) mass is 292 g/mol. The summed E-state index contributed by atoms with van der Waals surface area (Å²) in [5, 5.41) is 2.62. The lowest BCUT2D eigenvalue weighted by Crippen LogP contribution is -2.14. The molecule has 0 aliphatic carbocycles. The van der Waals surface area contributed by atoms with Crippen LogP contribution in [0.3, 0.4) is 0 Å². The van der Waals surface area contributed by atoms with Crippen LogP contribution in [-0.4, -0.2) is 11.8 Å². The van der Waals surface area contributed by atoms with E-state index in [0.29, 0.717) is 0 Å². The maximum absolute atomic E-state index is 10.6. The van der Waals surface area contributed by atoms with Crippen molar-refractivity contribution in [3.8, 4) is 0 Å². The average Bonchev–Trinajstić information content (AvgIpc) is 2.55. The summed E-state index contributed by atoms with van der Waals surface area (Å²) in [5.74, 6) is -1.14. The largest absolute Gasteiger partial charge is 0.366 e. The third kappa shape index (κ3) is 3.93. The van der Waals surface area contributed by atoms with Crippen LogP contribution in [0.25, 0.3) is 10.8 Å². The first kappa shape index (κ1) is 15.3. The van der Waals surface area contributed by atoms with E-state index in [1.807, 2.05) is 0 Å². The summed E-state index contributed by atoms with van der Waals surface area (Å²) >= 11 is 0. The summed E-state index contributed by atoms with van der Waals surface area (Å²) < 4.78 is 0. The number of rotatable bonds is 2. The van der Waals surface area contributed by atoms with Crippen molar-refractivity contribution in [3.63, 3.8) is 0 Å². The van der Waals surface area contributed by atoms with Crippen molar-refractivity contribution in [1.29, 1.82) is 0 Å². The first-order valence-electron chi connectivity index (χ1n) is 6.71. The number of amides is 2. The number of primary amides is 2. The van der Waals surface area contributed by atoms with Crippen LogP contribution >= 0.6 is 0 Å². The van der Waals surface area contributed by atoms with Gasteiger partial charge in [-0.1, -0.05) is 54.6 Å². The minimum Gasteiger partial charge on any atom is -0.366 e. The van der Waals surface area contributed by atoms with E-state index in [1.54, 1.807) is 6.07 Å². The Hall–Kier alpha value is -3.14. The Morgan fingerprint density at radius 2 is 0.955 bits per heavy atom. The Kier molecular flexibility index (Phi) is 4.88. The Morgan fingerprint density at radius 3 is 1.27 bits per heavy atom. The van der Waals surface area contributed by atoms with Crippen LogP contribution in [0.4, 0.5) is 0 Å². The smallest absolute Gasteiger partial charge is 0.248 e. The van der Waals surface area contributed by atoms with Crippen LogP contribution in [-0.2, 0) is 0 Å². The second-order valence-corrected chi connectivity index (χ2v) is 4.66. The molecule has 0 aliphatic rings. The molecule has 4 nitrogen and oxygen atoms in total. The van der Waals surface area contributed by atoms with Crippen molar-refractivity contribution >= 4 is 22.6 Å². The standard InChI is InChI=1S/C10H8.C8H8N2O2/c1-2-6-10-8-4-3-7-9(10)5-1;9-7(11)5-2-1-3-6(4-5)8(10)12/h1-8H;1-4H,(H2,9,11)(H2,10,12). The third-order valence-corrected chi connectivity index (χ3v) is 3.09. The number of benzene rings is 3. The van der Waals surface area contributed by atoms with Gasteiger partial charge in [0.2, 0.25) is 11.8 Å². The molecule has 0 fully saturated rings. The van der Waals surface area contributed by atoms with Gasteiger partial charge in [-0.05, 0) is 29.0 Å². The summed E-state index contributed by atoms with van der Waals surface area (Å²) in [6.07, 6.45) is 0. The van der Waals surface area contributed by atoms with Crippen LogP contribution in [0.1, 0.15) is 20.7 Å². The Morgan fingerprint density at radius 1 is 0.591 bits per heavy atom. The molecule has 0 heterocycles. The van der Waals surface area contributed by atoms with Gasteiger partial charge < -0.3 is 11.5 Å². The fourth-order valence-electron chi connectivity index (χ4n) is 1.96. The first-order valence-corrected chi connectivity index (χ1v) is 6.71. The number of carbonyl (C=O) groups is 2. The zero-order valence-electron chi connectivity index (χ0n) is 11.9. The van der Waals surface area contributed by atoms with Crippen LogP contribution in [0.2, 0.25) is 0 Å². The lowest BCUT2D eigenvalue weighted by atomic mass is 10.1. The van der Waals surface area contributed by atoms with E-state index >= 15 is 0 Å². The molecule has 0 aliphatic heterocycles. The third-order valence-electron chi connectivity index (χ3n) is 3.09. The first-order chi connectivity index (χ1) is 10.6. The van der Waals surface area contributed by atoms with Crippen molar-refractivity contribution in [2.75, 3.05) is 0 Å². The molecule has 3 rings (SSSR count). The summed E-state index contributed by atoms with van der Waals surface area (Å²) in [6, 6.07) is 22.7. The summed E-state index contributed by atoms with van der Waals surface area (Å²) in [4.78, 5) is 21.3. The van der Waals surface area contributed by atoms with Gasteiger partial charge >= 0.3 is 0 Å². The maximum Gasteiger partial charge on any atom is 0.248 e. The van der Waals surface area contributed by atoms with Crippen LogP contribution < -0.4 is 11.5 Å². The Labute approximate surface area is 128 Å². The highest BCUT2D eigenvalue weighted by molar-refractivity contribution is 5.98. The fourth-order valence-corrected chi connectivity index (χ4v) is 1.96. The molecule has 0 aromatic heterocycles. The van der Waals surface area contributed by atoms with Crippen LogP contribution in [0.15, 0.2) is 72.8 Å².